The maximum atomic E-state index is 13.2. The SMILES string of the molecule is Cc1ccccc1C(CC(=O)O)NC(=O)C1CCC(F)(F)CC1. The van der Waals surface area contributed by atoms with Crippen molar-refractivity contribution < 1.29 is 23.5 Å². The van der Waals surface area contributed by atoms with Crippen LogP contribution < -0.4 is 5.32 Å². The van der Waals surface area contributed by atoms with Crippen LogP contribution in [0.15, 0.2) is 24.3 Å². The maximum absolute atomic E-state index is 13.2. The molecule has 0 aliphatic heterocycles. The number of benzene rings is 1. The van der Waals surface area contributed by atoms with E-state index >= 15 is 0 Å². The van der Waals surface area contributed by atoms with Gasteiger partial charge in [-0.05, 0) is 30.9 Å². The predicted octanol–water partition coefficient (Wildman–Crippen LogP) is 3.45. The third-order valence-corrected chi connectivity index (χ3v) is 4.35. The smallest absolute Gasteiger partial charge is 0.305 e. The number of carboxylic acid groups (broad SMARTS) is 1. The molecule has 0 saturated heterocycles. The second-order valence-electron chi connectivity index (χ2n) is 6.15. The van der Waals surface area contributed by atoms with Gasteiger partial charge in [0.1, 0.15) is 0 Å². The number of carbonyl (C=O) groups excluding carboxylic acids is 1. The highest BCUT2D eigenvalue weighted by atomic mass is 19.3. The monoisotopic (exact) mass is 325 g/mol. The first-order valence-corrected chi connectivity index (χ1v) is 7.74. The first-order chi connectivity index (χ1) is 10.8. The minimum absolute atomic E-state index is 0.131. The third-order valence-electron chi connectivity index (χ3n) is 4.35. The van der Waals surface area contributed by atoms with Gasteiger partial charge in [-0.25, -0.2) is 8.78 Å². The zero-order chi connectivity index (χ0) is 17.0. The summed E-state index contributed by atoms with van der Waals surface area (Å²) in [7, 11) is 0. The van der Waals surface area contributed by atoms with Crippen LogP contribution in [0.5, 0.6) is 0 Å². The number of hydrogen-bond acceptors (Lipinski definition) is 2. The molecular weight excluding hydrogens is 304 g/mol. The molecule has 2 N–H and O–H groups in total. The summed E-state index contributed by atoms with van der Waals surface area (Å²) in [4.78, 5) is 23.4. The van der Waals surface area contributed by atoms with Gasteiger partial charge >= 0.3 is 5.97 Å². The molecule has 0 aromatic heterocycles. The molecule has 1 aromatic carbocycles. The van der Waals surface area contributed by atoms with Crippen molar-refractivity contribution in [1.82, 2.24) is 5.32 Å². The van der Waals surface area contributed by atoms with Crippen LogP contribution in [-0.4, -0.2) is 22.9 Å². The Labute approximate surface area is 133 Å². The van der Waals surface area contributed by atoms with Crippen LogP contribution in [0, 0.1) is 12.8 Å². The number of halogens is 2. The van der Waals surface area contributed by atoms with Crippen molar-refractivity contribution in [3.63, 3.8) is 0 Å². The lowest BCUT2D eigenvalue weighted by Gasteiger charge is -2.29. The van der Waals surface area contributed by atoms with Crippen LogP contribution in [0.25, 0.3) is 0 Å². The number of nitrogens with one attached hydrogen (secondary N) is 1. The lowest BCUT2D eigenvalue weighted by molar-refractivity contribution is -0.138. The maximum Gasteiger partial charge on any atom is 0.305 e. The van der Waals surface area contributed by atoms with Gasteiger partial charge in [-0.1, -0.05) is 24.3 Å². The van der Waals surface area contributed by atoms with Crippen LogP contribution in [0.3, 0.4) is 0 Å². The van der Waals surface area contributed by atoms with E-state index < -0.39 is 23.9 Å². The van der Waals surface area contributed by atoms with E-state index in [2.05, 4.69) is 5.32 Å². The van der Waals surface area contributed by atoms with E-state index in [1.54, 1.807) is 12.1 Å². The summed E-state index contributed by atoms with van der Waals surface area (Å²) < 4.78 is 26.4. The summed E-state index contributed by atoms with van der Waals surface area (Å²) in [6.07, 6.45) is -0.559. The van der Waals surface area contributed by atoms with E-state index in [4.69, 9.17) is 5.11 Å². The molecule has 6 heteroatoms. The quantitative estimate of drug-likeness (QED) is 0.871. The summed E-state index contributed by atoms with van der Waals surface area (Å²) in [6, 6.07) is 6.59. The number of carboxylic acids is 1. The molecule has 0 spiro atoms. The van der Waals surface area contributed by atoms with Crippen molar-refractivity contribution in [3.8, 4) is 0 Å². The van der Waals surface area contributed by atoms with Crippen LogP contribution in [0.2, 0.25) is 0 Å². The first kappa shape index (κ1) is 17.4. The Hall–Kier alpha value is -1.98. The standard InChI is InChI=1S/C17H21F2NO3/c1-11-4-2-3-5-13(11)14(10-15(21)22)20-16(23)12-6-8-17(18,19)9-7-12/h2-5,12,14H,6-10H2,1H3,(H,20,23)(H,21,22). The number of alkyl halides is 2. The summed E-state index contributed by atoms with van der Waals surface area (Å²) in [5, 5.41) is 11.8. The van der Waals surface area contributed by atoms with Crippen LogP contribution in [-0.2, 0) is 9.59 Å². The van der Waals surface area contributed by atoms with Gasteiger partial charge in [0, 0.05) is 18.8 Å². The predicted molar refractivity (Wildman–Crippen MR) is 81.2 cm³/mol. The Morgan fingerprint density at radius 3 is 2.48 bits per heavy atom. The Morgan fingerprint density at radius 1 is 1.30 bits per heavy atom. The van der Waals surface area contributed by atoms with E-state index in [-0.39, 0.29) is 38.0 Å². The highest BCUT2D eigenvalue weighted by Gasteiger charge is 2.38. The summed E-state index contributed by atoms with van der Waals surface area (Å²) in [6.45, 7) is 1.84. The fourth-order valence-corrected chi connectivity index (χ4v) is 2.98. The number of carbonyl (C=O) groups is 2. The molecule has 126 valence electrons. The van der Waals surface area contributed by atoms with Crippen molar-refractivity contribution in [2.24, 2.45) is 5.92 Å². The molecule has 1 amide bonds. The molecule has 0 bridgehead atoms. The van der Waals surface area contributed by atoms with Gasteiger partial charge in [0.25, 0.3) is 0 Å². The number of amides is 1. The molecule has 1 aliphatic carbocycles. The molecule has 1 saturated carbocycles. The van der Waals surface area contributed by atoms with Gasteiger partial charge in [0.15, 0.2) is 0 Å². The fraction of sp³-hybridized carbons (Fsp3) is 0.529. The van der Waals surface area contributed by atoms with Gasteiger partial charge in [0.2, 0.25) is 11.8 Å². The van der Waals surface area contributed by atoms with Crippen molar-refractivity contribution in [1.29, 1.82) is 0 Å². The van der Waals surface area contributed by atoms with Gasteiger partial charge in [-0.2, -0.15) is 0 Å². The largest absolute Gasteiger partial charge is 0.481 e. The van der Waals surface area contributed by atoms with E-state index in [9.17, 15) is 18.4 Å². The van der Waals surface area contributed by atoms with Gasteiger partial charge < -0.3 is 10.4 Å². The van der Waals surface area contributed by atoms with Crippen molar-refractivity contribution >= 4 is 11.9 Å². The van der Waals surface area contributed by atoms with E-state index in [0.29, 0.717) is 0 Å². The Balaban J connectivity index is 2.08. The molecule has 23 heavy (non-hydrogen) atoms. The number of aryl methyl sites for hydroxylation is 1. The Bertz CT molecular complexity index is 579. The first-order valence-electron chi connectivity index (χ1n) is 7.74. The Morgan fingerprint density at radius 2 is 1.91 bits per heavy atom. The van der Waals surface area contributed by atoms with Gasteiger partial charge in [-0.15, -0.1) is 0 Å². The van der Waals surface area contributed by atoms with Crippen LogP contribution in [0.1, 0.15) is 49.3 Å². The van der Waals surface area contributed by atoms with Gasteiger partial charge in [-0.3, -0.25) is 9.59 Å². The van der Waals surface area contributed by atoms with Crippen molar-refractivity contribution in [2.75, 3.05) is 0 Å². The zero-order valence-corrected chi connectivity index (χ0v) is 13.0. The fourth-order valence-electron chi connectivity index (χ4n) is 2.98. The molecule has 4 nitrogen and oxygen atoms in total. The van der Waals surface area contributed by atoms with E-state index in [1.807, 2.05) is 19.1 Å². The van der Waals surface area contributed by atoms with E-state index in [0.717, 1.165) is 11.1 Å². The minimum atomic E-state index is -2.69. The van der Waals surface area contributed by atoms with Gasteiger partial charge in [0.05, 0.1) is 12.5 Å². The highest BCUT2D eigenvalue weighted by molar-refractivity contribution is 5.80. The number of aliphatic carboxylic acids is 1. The van der Waals surface area contributed by atoms with E-state index in [1.165, 1.54) is 0 Å². The summed E-state index contributed by atoms with van der Waals surface area (Å²) in [5.74, 6) is -4.52. The average molecular weight is 325 g/mol. The number of rotatable bonds is 5. The van der Waals surface area contributed by atoms with Crippen molar-refractivity contribution in [3.05, 3.63) is 35.4 Å². The molecule has 2 rings (SSSR count). The summed E-state index contributed by atoms with van der Waals surface area (Å²) in [5.41, 5.74) is 1.62. The molecule has 1 aliphatic rings. The lowest BCUT2D eigenvalue weighted by Crippen LogP contribution is -2.38. The molecule has 1 atom stereocenters. The summed E-state index contributed by atoms with van der Waals surface area (Å²) >= 11 is 0. The highest BCUT2D eigenvalue weighted by Crippen LogP contribution is 2.36. The topological polar surface area (TPSA) is 66.4 Å². The molecule has 0 heterocycles. The molecular formula is C17H21F2NO3. The third kappa shape index (κ3) is 4.74. The minimum Gasteiger partial charge on any atom is -0.481 e. The number of hydrogen-bond donors (Lipinski definition) is 2. The molecule has 1 aromatic rings. The second-order valence-corrected chi connectivity index (χ2v) is 6.15. The molecule has 1 unspecified atom stereocenters. The second kappa shape index (κ2) is 7.06. The average Bonchev–Trinajstić information content (AvgIpc) is 2.46. The lowest BCUT2D eigenvalue weighted by atomic mass is 9.85. The zero-order valence-electron chi connectivity index (χ0n) is 13.0. The van der Waals surface area contributed by atoms with Crippen molar-refractivity contribution in [2.45, 2.75) is 51.0 Å². The Kier molecular flexibility index (Phi) is 5.34. The molecule has 1 fully saturated rings. The van der Waals surface area contributed by atoms with Crippen LogP contribution >= 0.6 is 0 Å². The normalized spacial score (nSPS) is 19.1. The molecule has 0 radical (unpaired) electrons. The van der Waals surface area contributed by atoms with Crippen LogP contribution in [0.4, 0.5) is 8.78 Å².